The highest BCUT2D eigenvalue weighted by Gasteiger charge is 2.48. The molecule has 35 heavy (non-hydrogen) atoms. The highest BCUT2D eigenvalue weighted by Crippen LogP contribution is 2.44. The number of ether oxygens (including phenoxy) is 1. The van der Waals surface area contributed by atoms with Crippen LogP contribution in [0.25, 0.3) is 5.76 Å². The number of esters is 1. The Morgan fingerprint density at radius 3 is 2.60 bits per heavy atom. The lowest BCUT2D eigenvalue weighted by atomic mass is 9.95. The van der Waals surface area contributed by atoms with Crippen LogP contribution in [0.1, 0.15) is 38.1 Å². The van der Waals surface area contributed by atoms with Crippen LogP contribution < -0.4 is 4.90 Å². The number of halogens is 1. The van der Waals surface area contributed by atoms with Crippen molar-refractivity contribution in [1.29, 1.82) is 0 Å². The summed E-state index contributed by atoms with van der Waals surface area (Å²) >= 11 is 7.15. The summed E-state index contributed by atoms with van der Waals surface area (Å²) in [7, 11) is 0. The third-order valence-corrected chi connectivity index (χ3v) is 6.81. The van der Waals surface area contributed by atoms with Crippen molar-refractivity contribution in [2.45, 2.75) is 19.9 Å². The first kappa shape index (κ1) is 24.4. The summed E-state index contributed by atoms with van der Waals surface area (Å²) in [5.74, 6) is -2.66. The molecule has 178 valence electrons. The molecule has 1 aromatic heterocycles. The van der Waals surface area contributed by atoms with E-state index in [0.29, 0.717) is 21.8 Å². The van der Waals surface area contributed by atoms with Gasteiger partial charge >= 0.3 is 11.9 Å². The van der Waals surface area contributed by atoms with Crippen LogP contribution >= 0.6 is 22.9 Å². The van der Waals surface area contributed by atoms with Gasteiger partial charge in [-0.05, 0) is 31.5 Å². The predicted molar refractivity (Wildman–Crippen MR) is 135 cm³/mol. The number of aromatic nitrogens is 1. The molecule has 0 saturated carbocycles. The fourth-order valence-corrected chi connectivity index (χ4v) is 4.95. The fourth-order valence-electron chi connectivity index (χ4n) is 3.76. The Labute approximate surface area is 210 Å². The molecule has 1 unspecified atom stereocenters. The van der Waals surface area contributed by atoms with Crippen molar-refractivity contribution in [2.75, 3.05) is 11.5 Å². The number of thiazole rings is 1. The number of Topliss-reactive ketones (excluding diaryl/α,β-unsaturated/α-hetero) is 1. The highest BCUT2D eigenvalue weighted by atomic mass is 35.5. The minimum Gasteiger partial charge on any atom is -0.507 e. The number of hydrogen-bond acceptors (Lipinski definition) is 7. The smallest absolute Gasteiger partial charge is 0.350 e. The first-order valence-corrected chi connectivity index (χ1v) is 11.8. The zero-order chi connectivity index (χ0) is 25.3. The molecule has 1 N–H and O–H groups in total. The molecule has 1 atom stereocenters. The summed E-state index contributed by atoms with van der Waals surface area (Å²) in [6.07, 6.45) is 1.44. The van der Waals surface area contributed by atoms with E-state index in [1.165, 1.54) is 11.0 Å². The lowest BCUT2D eigenvalue weighted by Crippen LogP contribution is -2.29. The van der Waals surface area contributed by atoms with Crippen molar-refractivity contribution in [2.24, 2.45) is 0 Å². The Morgan fingerprint density at radius 1 is 1.23 bits per heavy atom. The monoisotopic (exact) mass is 508 g/mol. The summed E-state index contributed by atoms with van der Waals surface area (Å²) in [6, 6.07) is 12.6. The Morgan fingerprint density at radius 2 is 1.94 bits per heavy atom. The van der Waals surface area contributed by atoms with Gasteiger partial charge in [-0.1, -0.05) is 77.6 Å². The Hall–Kier alpha value is -3.75. The normalized spacial score (nSPS) is 17.0. The average molecular weight is 509 g/mol. The molecule has 3 aromatic rings. The maximum absolute atomic E-state index is 13.3. The van der Waals surface area contributed by atoms with Crippen LogP contribution in [0.3, 0.4) is 0 Å². The topological polar surface area (TPSA) is 96.8 Å². The fraction of sp³-hybridized carbons (Fsp3) is 0.154. The molecule has 9 heteroatoms. The zero-order valence-corrected chi connectivity index (χ0v) is 20.5. The maximum atomic E-state index is 13.3. The Kier molecular flexibility index (Phi) is 6.86. The molecule has 1 aliphatic heterocycles. The van der Waals surface area contributed by atoms with Crippen molar-refractivity contribution >= 4 is 51.5 Å². The lowest BCUT2D eigenvalue weighted by Gasteiger charge is -2.23. The number of aliphatic hydroxyl groups excluding tert-OH is 1. The van der Waals surface area contributed by atoms with Crippen molar-refractivity contribution in [3.8, 4) is 0 Å². The van der Waals surface area contributed by atoms with Gasteiger partial charge in [0.25, 0.3) is 5.78 Å². The van der Waals surface area contributed by atoms with E-state index in [2.05, 4.69) is 11.6 Å². The molecular weight excluding hydrogens is 488 g/mol. The van der Waals surface area contributed by atoms with E-state index in [0.717, 1.165) is 16.9 Å². The van der Waals surface area contributed by atoms with E-state index in [1.807, 2.05) is 6.92 Å². The molecule has 7 nitrogen and oxygen atoms in total. The summed E-state index contributed by atoms with van der Waals surface area (Å²) in [5, 5.41) is 11.7. The number of aliphatic hydroxyl groups is 1. The molecule has 2 heterocycles. The standard InChI is InChI=1S/C26H21ClN2O5S/c1-4-12-34-25(33)23-15(3)28-26(35-23)29-20(17-6-5-7-18(27)13-17)19(22(31)24(29)32)21(30)16-10-8-14(2)9-11-16/h4-11,13,20,30H,1,12H2,2-3H3/b21-19+. The number of aryl methyl sites for hydroxylation is 2. The number of amides is 1. The van der Waals surface area contributed by atoms with Gasteiger partial charge in [-0.15, -0.1) is 0 Å². The van der Waals surface area contributed by atoms with Crippen LogP contribution in [-0.4, -0.2) is 34.4 Å². The van der Waals surface area contributed by atoms with Gasteiger partial charge in [0.2, 0.25) is 0 Å². The van der Waals surface area contributed by atoms with Gasteiger partial charge in [0.1, 0.15) is 17.2 Å². The van der Waals surface area contributed by atoms with Crippen LogP contribution in [-0.2, 0) is 14.3 Å². The Bertz CT molecular complexity index is 1380. The third-order valence-electron chi connectivity index (χ3n) is 5.44. The van der Waals surface area contributed by atoms with Crippen molar-refractivity contribution in [3.63, 3.8) is 0 Å². The van der Waals surface area contributed by atoms with Crippen LogP contribution in [0.2, 0.25) is 5.02 Å². The van der Waals surface area contributed by atoms with E-state index in [9.17, 15) is 19.5 Å². The summed E-state index contributed by atoms with van der Waals surface area (Å²) in [6.45, 7) is 7.06. The second-order valence-corrected chi connectivity index (χ2v) is 9.30. The molecule has 1 saturated heterocycles. The third kappa shape index (κ3) is 4.62. The molecule has 0 aliphatic carbocycles. The highest BCUT2D eigenvalue weighted by molar-refractivity contribution is 7.17. The number of ketones is 1. The van der Waals surface area contributed by atoms with Gasteiger partial charge in [-0.2, -0.15) is 0 Å². The molecule has 1 aliphatic rings. The first-order valence-electron chi connectivity index (χ1n) is 10.6. The maximum Gasteiger partial charge on any atom is 0.350 e. The van der Waals surface area contributed by atoms with Crippen molar-refractivity contribution in [1.82, 2.24) is 4.98 Å². The molecule has 1 amide bonds. The number of anilines is 1. The van der Waals surface area contributed by atoms with Crippen molar-refractivity contribution < 1.29 is 24.2 Å². The van der Waals surface area contributed by atoms with Crippen molar-refractivity contribution in [3.05, 3.63) is 99.0 Å². The van der Waals surface area contributed by atoms with E-state index < -0.39 is 23.7 Å². The van der Waals surface area contributed by atoms with Crippen LogP contribution in [0.4, 0.5) is 5.13 Å². The minimum absolute atomic E-state index is 0.0229. The average Bonchev–Trinajstić information content (AvgIpc) is 3.34. The molecule has 1 fully saturated rings. The number of nitrogens with zero attached hydrogens (tertiary/aromatic N) is 2. The van der Waals surface area contributed by atoms with Gasteiger partial charge in [-0.25, -0.2) is 9.78 Å². The van der Waals surface area contributed by atoms with E-state index in [-0.39, 0.29) is 27.9 Å². The largest absolute Gasteiger partial charge is 0.507 e. The Balaban J connectivity index is 1.89. The van der Waals surface area contributed by atoms with Crippen LogP contribution in [0, 0.1) is 13.8 Å². The molecular formula is C26H21ClN2O5S. The summed E-state index contributed by atoms with van der Waals surface area (Å²) < 4.78 is 5.11. The quantitative estimate of drug-likeness (QED) is 0.158. The SMILES string of the molecule is C=CCOC(=O)c1sc(N2C(=O)C(=O)/C(=C(/O)c3ccc(C)cc3)C2c2cccc(Cl)c2)nc1C. The van der Waals surface area contributed by atoms with Gasteiger partial charge in [-0.3, -0.25) is 14.5 Å². The molecule has 0 bridgehead atoms. The molecule has 4 rings (SSSR count). The molecule has 2 aromatic carbocycles. The number of hydrogen-bond donors (Lipinski definition) is 1. The summed E-state index contributed by atoms with van der Waals surface area (Å²) in [5.41, 5.74) is 2.13. The second kappa shape index (κ2) is 9.85. The van der Waals surface area contributed by atoms with E-state index in [1.54, 1.807) is 55.5 Å². The van der Waals surface area contributed by atoms with Gasteiger partial charge in [0.15, 0.2) is 5.13 Å². The van der Waals surface area contributed by atoms with Gasteiger partial charge in [0, 0.05) is 10.6 Å². The summed E-state index contributed by atoms with van der Waals surface area (Å²) in [4.78, 5) is 44.7. The van der Waals surface area contributed by atoms with Crippen LogP contribution in [0.15, 0.2) is 66.8 Å². The minimum atomic E-state index is -1.00. The number of rotatable bonds is 6. The predicted octanol–water partition coefficient (Wildman–Crippen LogP) is 5.38. The van der Waals surface area contributed by atoms with Gasteiger partial charge < -0.3 is 9.84 Å². The van der Waals surface area contributed by atoms with E-state index in [4.69, 9.17) is 16.3 Å². The number of benzene rings is 2. The second-order valence-electron chi connectivity index (χ2n) is 7.89. The lowest BCUT2D eigenvalue weighted by molar-refractivity contribution is -0.132. The first-order chi connectivity index (χ1) is 16.7. The number of carbonyl (C=O) groups excluding carboxylic acids is 3. The van der Waals surface area contributed by atoms with Crippen LogP contribution in [0.5, 0.6) is 0 Å². The zero-order valence-electron chi connectivity index (χ0n) is 18.9. The molecule has 0 spiro atoms. The van der Waals surface area contributed by atoms with E-state index >= 15 is 0 Å². The van der Waals surface area contributed by atoms with Gasteiger partial charge in [0.05, 0.1) is 17.3 Å². The molecule has 0 radical (unpaired) electrons. The number of carbonyl (C=O) groups is 3.